The maximum atomic E-state index is 11.3. The Bertz CT molecular complexity index is 379. The molecule has 0 fully saturated rings. The van der Waals surface area contributed by atoms with Gasteiger partial charge in [-0.25, -0.2) is 0 Å². The molecule has 0 heterocycles. The molecule has 0 aliphatic carbocycles. The molecule has 0 N–H and O–H groups in total. The molecule has 0 radical (unpaired) electrons. The fraction of sp³-hybridized carbons (Fsp3) is 0.273. The van der Waals surface area contributed by atoms with E-state index in [1.165, 1.54) is 6.92 Å². The van der Waals surface area contributed by atoms with Gasteiger partial charge in [0.1, 0.15) is 11.6 Å². The predicted molar refractivity (Wildman–Crippen MR) is 60.5 cm³/mol. The summed E-state index contributed by atoms with van der Waals surface area (Å²) in [5.41, 5.74) is 0.735. The van der Waals surface area contributed by atoms with Crippen molar-refractivity contribution in [3.8, 4) is 0 Å². The van der Waals surface area contributed by atoms with Gasteiger partial charge in [0.2, 0.25) is 0 Å². The van der Waals surface area contributed by atoms with Gasteiger partial charge in [-0.2, -0.15) is 0 Å². The number of carbonyl (C=O) groups excluding carboxylic acids is 2. The molecule has 1 aromatic carbocycles. The first-order valence-corrected chi connectivity index (χ1v) is 5.19. The molecule has 1 rings (SSSR count). The fourth-order valence-electron chi connectivity index (χ4n) is 1.28. The van der Waals surface area contributed by atoms with Crippen molar-refractivity contribution in [3.63, 3.8) is 0 Å². The molecule has 0 aromatic heterocycles. The van der Waals surface area contributed by atoms with Crippen LogP contribution in [0.3, 0.4) is 0 Å². The maximum Gasteiger partial charge on any atom is 0.144 e. The van der Waals surface area contributed by atoms with Crippen molar-refractivity contribution in [2.24, 2.45) is 0 Å². The van der Waals surface area contributed by atoms with E-state index in [9.17, 15) is 9.59 Å². The average molecular weight is 245 g/mol. The van der Waals surface area contributed by atoms with Crippen LogP contribution in [0.15, 0.2) is 18.2 Å². The van der Waals surface area contributed by atoms with Crippen molar-refractivity contribution < 1.29 is 9.59 Å². The second kappa shape index (κ2) is 5.29. The first kappa shape index (κ1) is 12.2. The molecule has 0 atom stereocenters. The van der Waals surface area contributed by atoms with Crippen LogP contribution in [0.2, 0.25) is 10.0 Å². The van der Waals surface area contributed by atoms with Gasteiger partial charge in [0.25, 0.3) is 0 Å². The zero-order valence-electron chi connectivity index (χ0n) is 8.22. The molecule has 0 aliphatic heterocycles. The van der Waals surface area contributed by atoms with Crippen LogP contribution in [-0.4, -0.2) is 11.6 Å². The Labute approximate surface area is 98.2 Å². The van der Waals surface area contributed by atoms with Crippen LogP contribution in [0.5, 0.6) is 0 Å². The van der Waals surface area contributed by atoms with Crippen LogP contribution in [0.1, 0.15) is 18.9 Å². The molecule has 0 spiro atoms. The zero-order chi connectivity index (χ0) is 11.4. The molecular weight excluding hydrogens is 235 g/mol. The van der Waals surface area contributed by atoms with E-state index in [-0.39, 0.29) is 24.4 Å². The highest BCUT2D eigenvalue weighted by atomic mass is 35.5. The molecule has 0 bridgehead atoms. The molecule has 4 heteroatoms. The van der Waals surface area contributed by atoms with Crippen molar-refractivity contribution in [2.45, 2.75) is 19.8 Å². The summed E-state index contributed by atoms with van der Waals surface area (Å²) in [6.45, 7) is 1.39. The third-order valence-electron chi connectivity index (χ3n) is 1.77. The normalized spacial score (nSPS) is 10.1. The Morgan fingerprint density at radius 3 is 2.13 bits per heavy atom. The van der Waals surface area contributed by atoms with Gasteiger partial charge >= 0.3 is 0 Å². The van der Waals surface area contributed by atoms with E-state index in [0.29, 0.717) is 10.0 Å². The minimum Gasteiger partial charge on any atom is -0.300 e. The molecule has 0 saturated carbocycles. The first-order chi connectivity index (χ1) is 6.97. The highest BCUT2D eigenvalue weighted by molar-refractivity contribution is 6.34. The largest absolute Gasteiger partial charge is 0.300 e. The van der Waals surface area contributed by atoms with E-state index in [1.54, 1.807) is 18.2 Å². The quantitative estimate of drug-likeness (QED) is 0.764. The van der Waals surface area contributed by atoms with Crippen molar-refractivity contribution in [2.75, 3.05) is 0 Å². The summed E-state index contributed by atoms with van der Waals surface area (Å²) in [7, 11) is 0. The number of carbonyl (C=O) groups is 2. The lowest BCUT2D eigenvalue weighted by Crippen LogP contribution is -2.07. The Morgan fingerprint density at radius 1 is 1.13 bits per heavy atom. The summed E-state index contributed by atoms with van der Waals surface area (Å²) in [5.74, 6) is -0.256. The van der Waals surface area contributed by atoms with Crippen molar-refractivity contribution in [1.82, 2.24) is 0 Å². The smallest absolute Gasteiger partial charge is 0.144 e. The predicted octanol–water partition coefficient (Wildman–Crippen LogP) is 3.08. The van der Waals surface area contributed by atoms with Crippen molar-refractivity contribution in [1.29, 1.82) is 0 Å². The summed E-state index contributed by atoms with van der Waals surface area (Å²) in [4.78, 5) is 22.0. The number of benzene rings is 1. The van der Waals surface area contributed by atoms with Gasteiger partial charge in [-0.15, -0.1) is 0 Å². The Balaban J connectivity index is 2.72. The molecule has 0 saturated heterocycles. The molecular formula is C11H10Cl2O2. The van der Waals surface area contributed by atoms with Crippen LogP contribution in [0.4, 0.5) is 0 Å². The van der Waals surface area contributed by atoms with Gasteiger partial charge in [0, 0.05) is 16.5 Å². The summed E-state index contributed by atoms with van der Waals surface area (Å²) in [5, 5.41) is 0.987. The Kier molecular flexibility index (Phi) is 4.30. The SMILES string of the molecule is CC(=O)CC(=O)Cc1cc(Cl)cc(Cl)c1. The minimum atomic E-state index is -0.131. The van der Waals surface area contributed by atoms with E-state index >= 15 is 0 Å². The molecule has 80 valence electrons. The van der Waals surface area contributed by atoms with Crippen LogP contribution < -0.4 is 0 Å². The van der Waals surface area contributed by atoms with Crippen molar-refractivity contribution >= 4 is 34.8 Å². The lowest BCUT2D eigenvalue weighted by atomic mass is 10.1. The monoisotopic (exact) mass is 244 g/mol. The summed E-state index contributed by atoms with van der Waals surface area (Å²) in [6, 6.07) is 4.94. The Morgan fingerprint density at radius 2 is 1.67 bits per heavy atom. The van der Waals surface area contributed by atoms with Crippen molar-refractivity contribution in [3.05, 3.63) is 33.8 Å². The Hall–Kier alpha value is -0.860. The first-order valence-electron chi connectivity index (χ1n) is 4.43. The third kappa shape index (κ3) is 4.45. The third-order valence-corrected chi connectivity index (χ3v) is 2.21. The maximum absolute atomic E-state index is 11.3. The summed E-state index contributed by atoms with van der Waals surface area (Å²) < 4.78 is 0. The topological polar surface area (TPSA) is 34.1 Å². The van der Waals surface area contributed by atoms with Crippen LogP contribution >= 0.6 is 23.2 Å². The number of Topliss-reactive ketones (excluding diaryl/α,β-unsaturated/α-hetero) is 2. The highest BCUT2D eigenvalue weighted by Crippen LogP contribution is 2.19. The average Bonchev–Trinajstić information content (AvgIpc) is 1.98. The number of hydrogen-bond acceptors (Lipinski definition) is 2. The van der Waals surface area contributed by atoms with Gasteiger partial charge in [0.05, 0.1) is 6.42 Å². The van der Waals surface area contributed by atoms with Gasteiger partial charge in [-0.3, -0.25) is 9.59 Å². The molecule has 0 unspecified atom stereocenters. The second-order valence-corrected chi connectivity index (χ2v) is 4.24. The molecule has 2 nitrogen and oxygen atoms in total. The highest BCUT2D eigenvalue weighted by Gasteiger charge is 2.07. The summed E-state index contributed by atoms with van der Waals surface area (Å²) in [6.07, 6.45) is 0.157. The molecule has 1 aromatic rings. The molecule has 0 amide bonds. The van der Waals surface area contributed by atoms with E-state index < -0.39 is 0 Å². The number of halogens is 2. The number of rotatable bonds is 4. The van der Waals surface area contributed by atoms with Gasteiger partial charge in [0.15, 0.2) is 0 Å². The summed E-state index contributed by atoms with van der Waals surface area (Å²) >= 11 is 11.6. The lowest BCUT2D eigenvalue weighted by molar-refractivity contribution is -0.125. The van der Waals surface area contributed by atoms with E-state index in [1.807, 2.05) is 0 Å². The van der Waals surface area contributed by atoms with E-state index in [4.69, 9.17) is 23.2 Å². The van der Waals surface area contributed by atoms with Gasteiger partial charge < -0.3 is 0 Å². The van der Waals surface area contributed by atoms with E-state index in [2.05, 4.69) is 0 Å². The van der Waals surface area contributed by atoms with Gasteiger partial charge in [-0.05, 0) is 30.7 Å². The number of ketones is 2. The van der Waals surface area contributed by atoms with E-state index in [0.717, 1.165) is 5.56 Å². The van der Waals surface area contributed by atoms with Crippen LogP contribution in [-0.2, 0) is 16.0 Å². The fourth-order valence-corrected chi connectivity index (χ4v) is 1.85. The molecule has 0 aliphatic rings. The standard InChI is InChI=1S/C11H10Cl2O2/c1-7(14)2-11(15)5-8-3-9(12)6-10(13)4-8/h3-4,6H,2,5H2,1H3. The second-order valence-electron chi connectivity index (χ2n) is 3.37. The van der Waals surface area contributed by atoms with Gasteiger partial charge in [-0.1, -0.05) is 23.2 Å². The molecule has 15 heavy (non-hydrogen) atoms. The van der Waals surface area contributed by atoms with Crippen LogP contribution in [0, 0.1) is 0 Å². The minimum absolute atomic E-state index is 0.0376. The zero-order valence-corrected chi connectivity index (χ0v) is 9.73. The lowest BCUT2D eigenvalue weighted by Gasteiger charge is -2.01. The number of hydrogen-bond donors (Lipinski definition) is 0. The van der Waals surface area contributed by atoms with Crippen LogP contribution in [0.25, 0.3) is 0 Å².